The number of aryl methyl sites for hydroxylation is 1. The van der Waals surface area contributed by atoms with E-state index in [1.165, 1.54) is 24.0 Å². The Kier molecular flexibility index (Phi) is 5.58. The molecular weight excluding hydrogens is 430 g/mol. The molecule has 0 atom stereocenters. The van der Waals surface area contributed by atoms with Crippen molar-refractivity contribution in [2.45, 2.75) is 37.5 Å². The molecule has 7 heteroatoms. The molecule has 1 N–H and O–H groups in total. The van der Waals surface area contributed by atoms with Crippen LogP contribution in [0.25, 0.3) is 16.7 Å². The van der Waals surface area contributed by atoms with E-state index >= 15 is 0 Å². The summed E-state index contributed by atoms with van der Waals surface area (Å²) in [5.41, 5.74) is 7.96. The molecule has 3 aromatic carbocycles. The summed E-state index contributed by atoms with van der Waals surface area (Å²) in [6.45, 7) is 4.11. The lowest BCUT2D eigenvalue weighted by Gasteiger charge is -2.18. The molecule has 1 heterocycles. The first-order chi connectivity index (χ1) is 15.9. The molecule has 0 unspecified atom stereocenters. The van der Waals surface area contributed by atoms with Crippen LogP contribution >= 0.6 is 11.9 Å². The fourth-order valence-corrected chi connectivity index (χ4v) is 4.80. The molecule has 1 fully saturated rings. The molecule has 0 saturated heterocycles. The van der Waals surface area contributed by atoms with Gasteiger partial charge in [-0.1, -0.05) is 23.4 Å². The van der Waals surface area contributed by atoms with Crippen LogP contribution in [-0.2, 0) is 0 Å². The third-order valence-corrected chi connectivity index (χ3v) is 7.14. The van der Waals surface area contributed by atoms with E-state index in [9.17, 15) is 4.79 Å². The van der Waals surface area contributed by atoms with Gasteiger partial charge in [-0.05, 0) is 97.6 Å². The minimum Gasteiger partial charge on any atom is -0.345 e. The molecule has 1 aliphatic carbocycles. The summed E-state index contributed by atoms with van der Waals surface area (Å²) in [6.07, 6.45) is 2.39. The Balaban J connectivity index is 1.46. The van der Waals surface area contributed by atoms with E-state index in [4.69, 9.17) is 0 Å². The van der Waals surface area contributed by atoms with Crippen molar-refractivity contribution in [3.05, 3.63) is 76.9 Å². The highest BCUT2D eigenvalue weighted by Gasteiger charge is 2.26. The number of nitrogens with zero attached hydrogens (tertiary/aromatic N) is 4. The monoisotopic (exact) mass is 457 g/mol. The van der Waals surface area contributed by atoms with Gasteiger partial charge in [0.1, 0.15) is 5.52 Å². The third-order valence-electron chi connectivity index (χ3n) is 6.15. The van der Waals surface area contributed by atoms with E-state index in [1.807, 2.05) is 35.9 Å². The zero-order valence-electron chi connectivity index (χ0n) is 19.3. The Morgan fingerprint density at radius 1 is 1.09 bits per heavy atom. The van der Waals surface area contributed by atoms with Crippen molar-refractivity contribution in [1.29, 1.82) is 0 Å². The van der Waals surface area contributed by atoms with Crippen molar-refractivity contribution in [3.63, 3.8) is 0 Å². The third kappa shape index (κ3) is 4.20. The van der Waals surface area contributed by atoms with Gasteiger partial charge < -0.3 is 9.62 Å². The average molecular weight is 458 g/mol. The van der Waals surface area contributed by atoms with Crippen molar-refractivity contribution in [1.82, 2.24) is 19.9 Å². The quantitative estimate of drug-likeness (QED) is 0.374. The first-order valence-corrected chi connectivity index (χ1v) is 11.9. The lowest BCUT2D eigenvalue weighted by Crippen LogP contribution is -2.23. The van der Waals surface area contributed by atoms with E-state index in [0.29, 0.717) is 5.92 Å². The molecule has 0 spiro atoms. The van der Waals surface area contributed by atoms with Crippen LogP contribution in [0.4, 0.5) is 5.69 Å². The summed E-state index contributed by atoms with van der Waals surface area (Å²) in [6, 6.07) is 18.5. The number of amides is 1. The van der Waals surface area contributed by atoms with Gasteiger partial charge in [-0.2, -0.15) is 0 Å². The first kappa shape index (κ1) is 21.5. The van der Waals surface area contributed by atoms with Gasteiger partial charge in [0, 0.05) is 30.2 Å². The summed E-state index contributed by atoms with van der Waals surface area (Å²) < 4.78 is 5.40. The predicted octanol–water partition coefficient (Wildman–Crippen LogP) is 5.74. The number of fused-ring (bicyclic) bond motifs is 1. The number of benzene rings is 3. The molecule has 1 aromatic heterocycles. The number of aromatic nitrogens is 3. The molecule has 0 radical (unpaired) electrons. The van der Waals surface area contributed by atoms with Crippen LogP contribution in [0.15, 0.2) is 59.5 Å². The number of hydrogen-bond donors (Lipinski definition) is 1. The van der Waals surface area contributed by atoms with Gasteiger partial charge in [0.15, 0.2) is 0 Å². The molecule has 6 nitrogen and oxygen atoms in total. The molecule has 168 valence electrons. The lowest BCUT2D eigenvalue weighted by atomic mass is 9.99. The van der Waals surface area contributed by atoms with Crippen LogP contribution in [0.3, 0.4) is 0 Å². The fourth-order valence-electron chi connectivity index (χ4n) is 3.96. The fraction of sp³-hybridized carbons (Fsp3) is 0.269. The number of nitrogens with one attached hydrogen (secondary N) is 1. The molecular formula is C26H27N5OS. The normalized spacial score (nSPS) is 13.3. The van der Waals surface area contributed by atoms with Gasteiger partial charge in [0.2, 0.25) is 0 Å². The maximum atomic E-state index is 12.8. The van der Waals surface area contributed by atoms with Crippen molar-refractivity contribution >= 4 is 34.6 Å². The zero-order chi connectivity index (χ0) is 23.1. The van der Waals surface area contributed by atoms with Crippen molar-refractivity contribution in [3.8, 4) is 5.69 Å². The average Bonchev–Trinajstić information content (AvgIpc) is 3.58. The maximum Gasteiger partial charge on any atom is 0.253 e. The van der Waals surface area contributed by atoms with Gasteiger partial charge >= 0.3 is 0 Å². The van der Waals surface area contributed by atoms with Gasteiger partial charge in [0.25, 0.3) is 5.91 Å². The van der Waals surface area contributed by atoms with Gasteiger partial charge in [-0.25, -0.2) is 4.68 Å². The van der Waals surface area contributed by atoms with E-state index < -0.39 is 0 Å². The van der Waals surface area contributed by atoms with E-state index in [1.54, 1.807) is 30.9 Å². The molecule has 5 rings (SSSR count). The number of carbonyl (C=O) groups is 1. The molecule has 33 heavy (non-hydrogen) atoms. The minimum atomic E-state index is 0.0410. The van der Waals surface area contributed by atoms with Crippen molar-refractivity contribution in [2.75, 3.05) is 18.8 Å². The standard InChI is InChI=1S/C26H27N5OS/c1-16-9-12-20(31-24-8-6-5-7-22(24)27-29-31)15-25(16)33-28-23-14-19(18-10-11-18)13-21(17(23)2)26(32)30(3)4/h5-9,12-15,18,28H,10-11H2,1-4H3. The van der Waals surface area contributed by atoms with Gasteiger partial charge in [0.05, 0.1) is 11.2 Å². The highest BCUT2D eigenvalue weighted by molar-refractivity contribution is 8.00. The van der Waals surface area contributed by atoms with Gasteiger partial charge in [-0.15, -0.1) is 5.10 Å². The molecule has 0 aliphatic heterocycles. The molecule has 1 aliphatic rings. The summed E-state index contributed by atoms with van der Waals surface area (Å²) >= 11 is 1.56. The number of rotatable bonds is 6. The topological polar surface area (TPSA) is 63.1 Å². The summed E-state index contributed by atoms with van der Waals surface area (Å²) in [5.74, 6) is 0.606. The number of carbonyl (C=O) groups excluding carboxylic acids is 1. The van der Waals surface area contributed by atoms with Crippen LogP contribution in [0.5, 0.6) is 0 Å². The van der Waals surface area contributed by atoms with Crippen LogP contribution in [0.2, 0.25) is 0 Å². The second-order valence-electron chi connectivity index (χ2n) is 8.86. The number of hydrogen-bond acceptors (Lipinski definition) is 5. The maximum absolute atomic E-state index is 12.8. The molecule has 4 aromatic rings. The summed E-state index contributed by atoms with van der Waals surface area (Å²) in [5, 5.41) is 8.63. The van der Waals surface area contributed by atoms with Crippen molar-refractivity contribution in [2.24, 2.45) is 0 Å². The SMILES string of the molecule is Cc1ccc(-n2nnc3ccccc32)cc1SNc1cc(C2CC2)cc(C(=O)N(C)C)c1C. The van der Waals surface area contributed by atoms with Crippen LogP contribution < -0.4 is 4.72 Å². The smallest absolute Gasteiger partial charge is 0.253 e. The van der Waals surface area contributed by atoms with E-state index in [2.05, 4.69) is 52.3 Å². The molecule has 0 bridgehead atoms. The Morgan fingerprint density at radius 2 is 1.88 bits per heavy atom. The zero-order valence-corrected chi connectivity index (χ0v) is 20.1. The Labute approximate surface area is 198 Å². The van der Waals surface area contributed by atoms with E-state index in [0.717, 1.165) is 38.4 Å². The first-order valence-electron chi connectivity index (χ1n) is 11.1. The largest absolute Gasteiger partial charge is 0.345 e. The Morgan fingerprint density at radius 3 is 2.64 bits per heavy atom. The summed E-state index contributed by atoms with van der Waals surface area (Å²) in [7, 11) is 3.60. The second kappa shape index (κ2) is 8.56. The van der Waals surface area contributed by atoms with Crippen molar-refractivity contribution < 1.29 is 4.79 Å². The highest BCUT2D eigenvalue weighted by atomic mass is 32.2. The lowest BCUT2D eigenvalue weighted by molar-refractivity contribution is 0.0827. The number of anilines is 1. The number of para-hydroxylation sites is 1. The van der Waals surface area contributed by atoms with Crippen LogP contribution in [0, 0.1) is 13.8 Å². The van der Waals surface area contributed by atoms with Crippen LogP contribution in [0.1, 0.15) is 45.8 Å². The summed E-state index contributed by atoms with van der Waals surface area (Å²) in [4.78, 5) is 15.5. The van der Waals surface area contributed by atoms with Crippen LogP contribution in [-0.4, -0.2) is 39.9 Å². The molecule has 1 amide bonds. The minimum absolute atomic E-state index is 0.0410. The predicted molar refractivity (Wildman–Crippen MR) is 134 cm³/mol. The van der Waals surface area contributed by atoms with E-state index in [-0.39, 0.29) is 5.91 Å². The second-order valence-corrected chi connectivity index (χ2v) is 9.71. The van der Waals surface area contributed by atoms with Gasteiger partial charge in [-0.3, -0.25) is 4.79 Å². The Hall–Kier alpha value is -3.32. The Bertz CT molecular complexity index is 1360. The molecule has 1 saturated carbocycles. The highest BCUT2D eigenvalue weighted by Crippen LogP contribution is 2.43.